The summed E-state index contributed by atoms with van der Waals surface area (Å²) in [6.45, 7) is 0.743. The molecule has 162 valence electrons. The van der Waals surface area contributed by atoms with Crippen molar-refractivity contribution in [2.24, 2.45) is 0 Å². The Bertz CT molecular complexity index is 1080. The van der Waals surface area contributed by atoms with Crippen LogP contribution in [0.1, 0.15) is 32.9 Å². The Kier molecular flexibility index (Phi) is 7.40. The van der Waals surface area contributed by atoms with Crippen molar-refractivity contribution in [3.63, 3.8) is 0 Å². The molecule has 2 aromatic rings. The van der Waals surface area contributed by atoms with E-state index < -0.39 is 35.3 Å². The van der Waals surface area contributed by atoms with Crippen LogP contribution in [0.5, 0.6) is 5.75 Å². The lowest BCUT2D eigenvalue weighted by molar-refractivity contribution is -0.384. The van der Waals surface area contributed by atoms with E-state index >= 15 is 0 Å². The average molecular weight is 451 g/mol. The molecular weight excluding hydrogens is 436 g/mol. The highest BCUT2D eigenvalue weighted by Crippen LogP contribution is 2.29. The monoisotopic (exact) mass is 450 g/mol. The summed E-state index contributed by atoms with van der Waals surface area (Å²) >= 11 is 5.78. The second kappa shape index (κ2) is 9.78. The molecule has 0 atom stereocenters. The van der Waals surface area contributed by atoms with Gasteiger partial charge in [-0.1, -0.05) is 23.7 Å². The molecule has 1 aromatic carbocycles. The zero-order chi connectivity index (χ0) is 23.3. The second-order valence-corrected chi connectivity index (χ2v) is 6.52. The molecular formula is C19H15ClN2O9. The predicted octanol–water partition coefficient (Wildman–Crippen LogP) is 2.69. The van der Waals surface area contributed by atoms with E-state index in [1.54, 1.807) is 0 Å². The number of aliphatic carboxylic acids is 2. The number of aromatic nitrogens is 1. The number of rotatable bonds is 9. The van der Waals surface area contributed by atoms with Gasteiger partial charge in [0, 0.05) is 11.6 Å². The number of carboxylic acids is 2. The fourth-order valence-electron chi connectivity index (χ4n) is 2.56. The van der Waals surface area contributed by atoms with Crippen LogP contribution in [-0.2, 0) is 20.9 Å². The van der Waals surface area contributed by atoms with Gasteiger partial charge in [-0.3, -0.25) is 14.9 Å². The Morgan fingerprint density at radius 2 is 1.94 bits per heavy atom. The first kappa shape index (κ1) is 23.4. The number of aryl methyl sites for hydroxylation is 1. The largest absolute Gasteiger partial charge is 0.505 e. The molecule has 1 heterocycles. The molecule has 0 aliphatic rings. The van der Waals surface area contributed by atoms with Gasteiger partial charge in [0.25, 0.3) is 11.8 Å². The lowest BCUT2D eigenvalue weighted by atomic mass is 10.0. The van der Waals surface area contributed by atoms with E-state index in [-0.39, 0.29) is 33.2 Å². The van der Waals surface area contributed by atoms with E-state index in [2.05, 4.69) is 4.98 Å². The fraction of sp³-hybridized carbons (Fsp3) is 0.158. The van der Waals surface area contributed by atoms with Gasteiger partial charge in [-0.25, -0.2) is 14.6 Å². The van der Waals surface area contributed by atoms with Gasteiger partial charge in [0.15, 0.2) is 6.29 Å². The van der Waals surface area contributed by atoms with Crippen molar-refractivity contribution in [2.75, 3.05) is 0 Å². The molecule has 3 N–H and O–H groups in total. The third-order valence-electron chi connectivity index (χ3n) is 4.08. The smallest absolute Gasteiger partial charge is 0.344 e. The average Bonchev–Trinajstić information content (AvgIpc) is 2.69. The van der Waals surface area contributed by atoms with Crippen molar-refractivity contribution < 1.29 is 39.4 Å². The third-order valence-corrected chi connectivity index (χ3v) is 4.40. The lowest BCUT2D eigenvalue weighted by Crippen LogP contribution is -2.32. The minimum Gasteiger partial charge on any atom is -0.505 e. The van der Waals surface area contributed by atoms with Crippen LogP contribution in [-0.4, -0.2) is 49.6 Å². The number of benzene rings is 1. The molecule has 11 nitrogen and oxygen atoms in total. The molecule has 0 amide bonds. The van der Waals surface area contributed by atoms with Crippen LogP contribution < -0.4 is 0 Å². The van der Waals surface area contributed by atoms with Crippen molar-refractivity contribution in [1.82, 2.24) is 4.98 Å². The Labute approximate surface area is 179 Å². The van der Waals surface area contributed by atoms with Crippen molar-refractivity contribution in [2.45, 2.75) is 19.6 Å². The van der Waals surface area contributed by atoms with Crippen LogP contribution in [0.4, 0.5) is 5.69 Å². The molecule has 0 bridgehead atoms. The van der Waals surface area contributed by atoms with Crippen molar-refractivity contribution >= 4 is 47.7 Å². The molecule has 0 spiro atoms. The molecule has 2 rings (SSSR count). The van der Waals surface area contributed by atoms with Crippen molar-refractivity contribution in [3.05, 3.63) is 61.4 Å². The summed E-state index contributed by atoms with van der Waals surface area (Å²) in [6, 6.07) is 4.01. The predicted molar refractivity (Wildman–Crippen MR) is 107 cm³/mol. The van der Waals surface area contributed by atoms with E-state index in [4.69, 9.17) is 26.6 Å². The van der Waals surface area contributed by atoms with Crippen LogP contribution >= 0.6 is 11.6 Å². The summed E-state index contributed by atoms with van der Waals surface area (Å²) in [5.74, 6) is -3.99. The first-order chi connectivity index (χ1) is 14.6. The number of hydrogen-bond donors (Lipinski definition) is 3. The number of hydrogen-bond acceptors (Lipinski definition) is 8. The quantitative estimate of drug-likeness (QED) is 0.222. The normalized spacial score (nSPS) is 11.1. The molecule has 0 unspecified atom stereocenters. The molecule has 12 heteroatoms. The number of carbonyl (C=O) groups excluding carboxylic acids is 1. The summed E-state index contributed by atoms with van der Waals surface area (Å²) in [6.07, 6.45) is 0.843. The number of pyridine rings is 1. The Morgan fingerprint density at radius 1 is 1.29 bits per heavy atom. The summed E-state index contributed by atoms with van der Waals surface area (Å²) < 4.78 is 4.90. The third kappa shape index (κ3) is 5.41. The van der Waals surface area contributed by atoms with Crippen LogP contribution in [0.25, 0.3) is 12.2 Å². The number of ether oxygens (including phenoxy) is 1. The Morgan fingerprint density at radius 3 is 2.48 bits per heavy atom. The van der Waals surface area contributed by atoms with Gasteiger partial charge in [0.1, 0.15) is 10.8 Å². The number of halogens is 1. The number of nitrogens with zero attached hydrogens (tertiary/aromatic N) is 2. The molecule has 0 aliphatic carbocycles. The van der Waals surface area contributed by atoms with Gasteiger partial charge >= 0.3 is 11.9 Å². The zero-order valence-corrected chi connectivity index (χ0v) is 16.6. The number of aromatic hydroxyl groups is 1. The molecule has 0 saturated heterocycles. The van der Waals surface area contributed by atoms with E-state index in [1.807, 2.05) is 0 Å². The van der Waals surface area contributed by atoms with Gasteiger partial charge in [-0.05, 0) is 24.6 Å². The summed E-state index contributed by atoms with van der Waals surface area (Å²) in [4.78, 5) is 48.0. The van der Waals surface area contributed by atoms with Crippen LogP contribution in [0.15, 0.2) is 18.2 Å². The standard InChI is InChI=1S/C19H15ClN2O9/c1-9-16(24)11(7-23)12(8-31-17(18(25)26)19(27)28)14(21-9)5-3-10-2-4-13(20)15(6-10)22(29)30/h2-7,17,24H,8H2,1H3,(H,25,26)(H,27,28)/b5-3+. The number of nitro groups is 1. The van der Waals surface area contributed by atoms with Gasteiger partial charge in [-0.15, -0.1) is 0 Å². The summed E-state index contributed by atoms with van der Waals surface area (Å²) in [5.41, 5.74) is -0.169. The molecule has 0 fully saturated rings. The molecule has 0 radical (unpaired) electrons. The van der Waals surface area contributed by atoms with Crippen LogP contribution in [0.2, 0.25) is 5.02 Å². The van der Waals surface area contributed by atoms with E-state index in [0.717, 1.165) is 0 Å². The van der Waals surface area contributed by atoms with Crippen molar-refractivity contribution in [3.8, 4) is 5.75 Å². The second-order valence-electron chi connectivity index (χ2n) is 6.11. The first-order valence-electron chi connectivity index (χ1n) is 8.43. The Balaban J connectivity index is 2.50. The fourth-order valence-corrected chi connectivity index (χ4v) is 2.74. The van der Waals surface area contributed by atoms with Crippen molar-refractivity contribution in [1.29, 1.82) is 0 Å². The molecule has 1 aromatic heterocycles. The van der Waals surface area contributed by atoms with E-state index in [1.165, 1.54) is 37.3 Å². The topological polar surface area (TPSA) is 177 Å². The number of aldehydes is 1. The minimum absolute atomic E-state index is 0.0598. The van der Waals surface area contributed by atoms with Crippen LogP contribution in [0.3, 0.4) is 0 Å². The maximum atomic E-state index is 11.5. The van der Waals surface area contributed by atoms with E-state index in [0.29, 0.717) is 11.8 Å². The minimum atomic E-state index is -2.21. The molecule has 31 heavy (non-hydrogen) atoms. The highest BCUT2D eigenvalue weighted by molar-refractivity contribution is 6.32. The number of carboxylic acid groups (broad SMARTS) is 2. The first-order valence-corrected chi connectivity index (χ1v) is 8.81. The van der Waals surface area contributed by atoms with E-state index in [9.17, 15) is 29.6 Å². The highest BCUT2D eigenvalue weighted by Gasteiger charge is 2.28. The Hall–Kier alpha value is -3.83. The SMILES string of the molecule is Cc1nc(/C=C/c2ccc(Cl)c([N+](=O)[O-])c2)c(COC(C(=O)O)C(=O)O)c(C=O)c1O. The lowest BCUT2D eigenvalue weighted by Gasteiger charge is -2.14. The van der Waals surface area contributed by atoms with Gasteiger partial charge < -0.3 is 20.1 Å². The van der Waals surface area contributed by atoms with Gasteiger partial charge in [-0.2, -0.15) is 0 Å². The highest BCUT2D eigenvalue weighted by atomic mass is 35.5. The molecule has 0 saturated carbocycles. The maximum absolute atomic E-state index is 11.5. The van der Waals surface area contributed by atoms with Gasteiger partial charge in [0.2, 0.25) is 0 Å². The summed E-state index contributed by atoms with van der Waals surface area (Å²) in [7, 11) is 0. The summed E-state index contributed by atoms with van der Waals surface area (Å²) in [5, 5.41) is 39.0. The van der Waals surface area contributed by atoms with Gasteiger partial charge in [0.05, 0.1) is 28.5 Å². The number of nitro benzene ring substituents is 1. The molecule has 0 aliphatic heterocycles. The maximum Gasteiger partial charge on any atom is 0.344 e. The van der Waals surface area contributed by atoms with Crippen LogP contribution in [0, 0.1) is 17.0 Å². The number of carbonyl (C=O) groups is 3. The zero-order valence-electron chi connectivity index (χ0n) is 15.8.